The lowest BCUT2D eigenvalue weighted by molar-refractivity contribution is 0.0587. The van der Waals surface area contributed by atoms with Crippen LogP contribution in [0.5, 0.6) is 0 Å². The predicted molar refractivity (Wildman–Crippen MR) is 94.5 cm³/mol. The Hall–Kier alpha value is -3.15. The van der Waals surface area contributed by atoms with E-state index < -0.39 is 5.97 Å². The third-order valence-corrected chi connectivity index (χ3v) is 4.61. The maximum atomic E-state index is 11.8. The zero-order chi connectivity index (χ0) is 17.6. The number of benzene rings is 2. The number of anilines is 2. The van der Waals surface area contributed by atoms with Crippen LogP contribution in [-0.2, 0) is 11.3 Å². The molecular formula is C19H18N4O2. The molecule has 0 spiro atoms. The third kappa shape index (κ3) is 2.38. The Kier molecular flexibility index (Phi) is 3.53. The minimum Gasteiger partial charge on any atom is -0.463 e. The van der Waals surface area contributed by atoms with E-state index >= 15 is 0 Å². The van der Waals surface area contributed by atoms with E-state index in [1.165, 1.54) is 18.2 Å². The summed E-state index contributed by atoms with van der Waals surface area (Å²) in [5.41, 5.74) is 5.51. The number of hydrogen-bond donors (Lipinski definition) is 0. The summed E-state index contributed by atoms with van der Waals surface area (Å²) in [6.45, 7) is 4.75. The number of ether oxygens (including phenoxy) is 1. The normalized spacial score (nSPS) is 12.5. The van der Waals surface area contributed by atoms with E-state index in [2.05, 4.69) is 53.1 Å². The molecule has 0 N–H and O–H groups in total. The van der Waals surface area contributed by atoms with E-state index in [0.29, 0.717) is 12.4 Å². The lowest BCUT2D eigenvalue weighted by Gasteiger charge is -2.32. The fraction of sp³-hybridized carbons (Fsp3) is 0.211. The molecule has 3 aromatic rings. The van der Waals surface area contributed by atoms with Gasteiger partial charge in [-0.3, -0.25) is 0 Å². The van der Waals surface area contributed by atoms with Crippen LogP contribution in [0.1, 0.15) is 27.6 Å². The molecule has 25 heavy (non-hydrogen) atoms. The highest BCUT2D eigenvalue weighted by Gasteiger charge is 2.28. The second kappa shape index (κ2) is 5.73. The zero-order valence-electron chi connectivity index (χ0n) is 14.4. The van der Waals surface area contributed by atoms with Crippen LogP contribution in [-0.4, -0.2) is 27.8 Å². The zero-order valence-corrected chi connectivity index (χ0v) is 14.4. The molecule has 1 aromatic heterocycles. The van der Waals surface area contributed by atoms with Gasteiger partial charge in [0, 0.05) is 5.69 Å². The Morgan fingerprint density at radius 2 is 1.76 bits per heavy atom. The molecule has 0 atom stereocenters. The van der Waals surface area contributed by atoms with Gasteiger partial charge in [-0.15, -0.1) is 5.10 Å². The molecule has 0 fully saturated rings. The van der Waals surface area contributed by atoms with Crippen molar-refractivity contribution in [3.63, 3.8) is 0 Å². The van der Waals surface area contributed by atoms with Gasteiger partial charge >= 0.3 is 5.97 Å². The molecule has 0 aliphatic carbocycles. The Bertz CT molecular complexity index is 977. The van der Waals surface area contributed by atoms with Gasteiger partial charge in [-0.05, 0) is 43.2 Å². The molecule has 0 saturated carbocycles. The fourth-order valence-electron chi connectivity index (χ4n) is 3.16. The molecule has 1 aliphatic heterocycles. The van der Waals surface area contributed by atoms with E-state index in [0.717, 1.165) is 17.1 Å². The van der Waals surface area contributed by atoms with Gasteiger partial charge in [0.05, 0.1) is 25.0 Å². The molecule has 6 nitrogen and oxygen atoms in total. The van der Waals surface area contributed by atoms with Crippen molar-refractivity contribution in [2.75, 3.05) is 12.0 Å². The van der Waals surface area contributed by atoms with Crippen molar-refractivity contribution in [2.24, 2.45) is 0 Å². The second-order valence-electron chi connectivity index (χ2n) is 6.05. The standard InChI is InChI=1S/C19H18N4O2/c1-12-7-6-10-14(13(12)2)22-11-17-20-18(19(24)25-3)21-23(17)16-9-5-4-8-15(16)22/h4-10H,11H2,1-3H3. The number of rotatable bonds is 2. The largest absolute Gasteiger partial charge is 0.463 e. The Morgan fingerprint density at radius 3 is 2.52 bits per heavy atom. The van der Waals surface area contributed by atoms with Crippen molar-refractivity contribution in [3.8, 4) is 5.69 Å². The molecule has 2 heterocycles. The lowest BCUT2D eigenvalue weighted by atomic mass is 10.1. The van der Waals surface area contributed by atoms with E-state index in [-0.39, 0.29) is 5.82 Å². The van der Waals surface area contributed by atoms with Crippen molar-refractivity contribution < 1.29 is 9.53 Å². The van der Waals surface area contributed by atoms with Crippen LogP contribution < -0.4 is 4.90 Å². The number of carbonyl (C=O) groups is 1. The van der Waals surface area contributed by atoms with Gasteiger partial charge in [0.25, 0.3) is 5.82 Å². The average molecular weight is 334 g/mol. The van der Waals surface area contributed by atoms with Gasteiger partial charge in [0.15, 0.2) is 5.82 Å². The number of hydrogen-bond acceptors (Lipinski definition) is 5. The summed E-state index contributed by atoms with van der Waals surface area (Å²) in [6.07, 6.45) is 0. The monoisotopic (exact) mass is 334 g/mol. The number of carbonyl (C=O) groups excluding carboxylic acids is 1. The molecule has 0 unspecified atom stereocenters. The summed E-state index contributed by atoms with van der Waals surface area (Å²) >= 11 is 0. The molecular weight excluding hydrogens is 316 g/mol. The quantitative estimate of drug-likeness (QED) is 0.673. The van der Waals surface area contributed by atoms with Gasteiger partial charge in [0.2, 0.25) is 0 Å². The van der Waals surface area contributed by atoms with Crippen LogP contribution in [0.3, 0.4) is 0 Å². The molecule has 1 aliphatic rings. The number of methoxy groups -OCH3 is 1. The number of fused-ring (bicyclic) bond motifs is 3. The molecule has 0 bridgehead atoms. The molecule has 4 rings (SSSR count). The molecule has 6 heteroatoms. The first kappa shape index (κ1) is 15.4. The smallest absolute Gasteiger partial charge is 0.377 e. The van der Waals surface area contributed by atoms with Crippen LogP contribution in [0.2, 0.25) is 0 Å². The van der Waals surface area contributed by atoms with E-state index in [4.69, 9.17) is 4.74 Å². The molecule has 0 radical (unpaired) electrons. The van der Waals surface area contributed by atoms with Crippen LogP contribution in [0.4, 0.5) is 11.4 Å². The lowest BCUT2D eigenvalue weighted by Crippen LogP contribution is -2.26. The van der Waals surface area contributed by atoms with E-state index in [9.17, 15) is 4.79 Å². The molecule has 0 saturated heterocycles. The maximum absolute atomic E-state index is 11.8. The van der Waals surface area contributed by atoms with Crippen LogP contribution in [0.15, 0.2) is 42.5 Å². The third-order valence-electron chi connectivity index (χ3n) is 4.61. The van der Waals surface area contributed by atoms with Crippen LogP contribution in [0.25, 0.3) is 5.69 Å². The van der Waals surface area contributed by atoms with Gasteiger partial charge in [0.1, 0.15) is 0 Å². The van der Waals surface area contributed by atoms with Gasteiger partial charge in [-0.25, -0.2) is 14.5 Å². The summed E-state index contributed by atoms with van der Waals surface area (Å²) in [4.78, 5) is 18.4. The number of esters is 1. The van der Waals surface area contributed by atoms with E-state index in [1.807, 2.05) is 18.2 Å². The summed E-state index contributed by atoms with van der Waals surface area (Å²) in [7, 11) is 1.33. The van der Waals surface area contributed by atoms with Gasteiger partial charge in [-0.2, -0.15) is 0 Å². The Balaban J connectivity index is 1.89. The first-order valence-corrected chi connectivity index (χ1v) is 8.07. The molecule has 2 aromatic carbocycles. The number of para-hydroxylation sites is 2. The van der Waals surface area contributed by atoms with Crippen molar-refractivity contribution >= 4 is 17.3 Å². The number of aryl methyl sites for hydroxylation is 1. The number of aromatic nitrogens is 3. The molecule has 126 valence electrons. The molecule has 0 amide bonds. The van der Waals surface area contributed by atoms with Crippen molar-refractivity contribution in [2.45, 2.75) is 20.4 Å². The van der Waals surface area contributed by atoms with Crippen molar-refractivity contribution in [1.29, 1.82) is 0 Å². The second-order valence-corrected chi connectivity index (χ2v) is 6.05. The fourth-order valence-corrected chi connectivity index (χ4v) is 3.16. The van der Waals surface area contributed by atoms with Crippen LogP contribution >= 0.6 is 0 Å². The maximum Gasteiger partial charge on any atom is 0.377 e. The average Bonchev–Trinajstić information content (AvgIpc) is 3.07. The number of nitrogens with zero attached hydrogens (tertiary/aromatic N) is 4. The summed E-state index contributed by atoms with van der Waals surface area (Å²) in [5.74, 6) is 0.257. The van der Waals surface area contributed by atoms with Crippen molar-refractivity contribution in [3.05, 3.63) is 65.2 Å². The summed E-state index contributed by atoms with van der Waals surface area (Å²) in [5, 5.41) is 4.34. The van der Waals surface area contributed by atoms with Gasteiger partial charge < -0.3 is 9.64 Å². The highest BCUT2D eigenvalue weighted by molar-refractivity contribution is 5.85. The minimum absolute atomic E-state index is 0.0788. The minimum atomic E-state index is -0.530. The Labute approximate surface area is 145 Å². The predicted octanol–water partition coefficient (Wildman–Crippen LogP) is 3.32. The van der Waals surface area contributed by atoms with E-state index in [1.54, 1.807) is 4.68 Å². The highest BCUT2D eigenvalue weighted by Crippen LogP contribution is 2.38. The first-order valence-electron chi connectivity index (χ1n) is 8.07. The SMILES string of the molecule is COC(=O)c1nc2n(n1)-c1ccccc1N(c1cccc(C)c1C)C2. The topological polar surface area (TPSA) is 60.2 Å². The summed E-state index contributed by atoms with van der Waals surface area (Å²) in [6, 6.07) is 14.2. The van der Waals surface area contributed by atoms with Crippen LogP contribution in [0, 0.1) is 13.8 Å². The first-order chi connectivity index (χ1) is 12.1. The van der Waals surface area contributed by atoms with Gasteiger partial charge in [-0.1, -0.05) is 24.3 Å². The Morgan fingerprint density at radius 1 is 1.04 bits per heavy atom. The van der Waals surface area contributed by atoms with Crippen molar-refractivity contribution in [1.82, 2.24) is 14.8 Å². The highest BCUT2D eigenvalue weighted by atomic mass is 16.5. The summed E-state index contributed by atoms with van der Waals surface area (Å²) < 4.78 is 6.48.